The second kappa shape index (κ2) is 12.0. The third-order valence-electron chi connectivity index (χ3n) is 7.19. The number of ether oxygens (including phenoxy) is 2. The highest BCUT2D eigenvalue weighted by molar-refractivity contribution is 6.04. The van der Waals surface area contributed by atoms with E-state index in [0.29, 0.717) is 32.6 Å². The largest absolute Gasteiger partial charge is 0.497 e. The Hall–Kier alpha value is -3.39. The average molecular weight is 494 g/mol. The summed E-state index contributed by atoms with van der Waals surface area (Å²) in [6, 6.07) is 16.9. The summed E-state index contributed by atoms with van der Waals surface area (Å²) in [5.74, 6) is 0.383. The molecular weight excluding hydrogens is 458 g/mol. The van der Waals surface area contributed by atoms with E-state index in [1.807, 2.05) is 42.5 Å². The minimum absolute atomic E-state index is 0.109. The molecule has 2 saturated heterocycles. The van der Waals surface area contributed by atoms with Crippen LogP contribution in [0.15, 0.2) is 54.6 Å². The number of carbonyl (C=O) groups is 3. The van der Waals surface area contributed by atoms with Gasteiger partial charge in [0.05, 0.1) is 7.11 Å². The van der Waals surface area contributed by atoms with Crippen LogP contribution in [0.1, 0.15) is 43.2 Å². The Morgan fingerprint density at radius 2 is 1.83 bits per heavy atom. The number of imide groups is 1. The van der Waals surface area contributed by atoms with Gasteiger partial charge in [-0.25, -0.2) is 4.79 Å². The summed E-state index contributed by atoms with van der Waals surface area (Å²) in [4.78, 5) is 39.6. The summed E-state index contributed by atoms with van der Waals surface area (Å²) >= 11 is 0. The van der Waals surface area contributed by atoms with Gasteiger partial charge in [0.1, 0.15) is 11.8 Å². The van der Waals surface area contributed by atoms with Crippen LogP contribution in [0.3, 0.4) is 0 Å². The number of carbonyl (C=O) groups excluding carboxylic acids is 3. The molecule has 0 aromatic heterocycles. The summed E-state index contributed by atoms with van der Waals surface area (Å²) in [5, 5.41) is 5.70. The van der Waals surface area contributed by atoms with Gasteiger partial charge in [0, 0.05) is 38.1 Å². The molecule has 2 aliphatic rings. The molecule has 8 heteroatoms. The molecule has 2 aromatic carbocycles. The highest BCUT2D eigenvalue weighted by atomic mass is 16.5. The summed E-state index contributed by atoms with van der Waals surface area (Å²) < 4.78 is 10.9. The number of amides is 4. The first kappa shape index (κ1) is 25.7. The lowest BCUT2D eigenvalue weighted by atomic mass is 9.73. The fraction of sp³-hybridized carbons (Fsp3) is 0.464. The molecule has 2 aromatic rings. The van der Waals surface area contributed by atoms with Crippen LogP contribution >= 0.6 is 0 Å². The number of hydrogen-bond donors (Lipinski definition) is 2. The van der Waals surface area contributed by atoms with Crippen LogP contribution in [-0.2, 0) is 26.2 Å². The lowest BCUT2D eigenvalue weighted by Crippen LogP contribution is -2.47. The Morgan fingerprint density at radius 1 is 1.11 bits per heavy atom. The van der Waals surface area contributed by atoms with Crippen molar-refractivity contribution >= 4 is 17.8 Å². The standard InChI is InChI=1S/C28H35N3O5/c1-35-23-11-9-22(10-12-23)28(15-18-36-19-16-28)20-31-26(33)24(30-27(31)34)13-14-25(32)29-17-5-8-21-6-3-2-4-7-21/h2-4,6-7,9-12,24H,5,8,13-20H2,1H3,(H,29,32)(H,30,34)/t24-/m0/s1. The van der Waals surface area contributed by atoms with Gasteiger partial charge in [-0.05, 0) is 55.4 Å². The zero-order valence-electron chi connectivity index (χ0n) is 20.8. The summed E-state index contributed by atoms with van der Waals surface area (Å²) in [5.41, 5.74) is 1.93. The number of nitrogens with one attached hydrogen (secondary N) is 2. The Kier molecular flexibility index (Phi) is 8.59. The van der Waals surface area contributed by atoms with Crippen molar-refractivity contribution in [3.05, 3.63) is 65.7 Å². The normalized spacial score (nSPS) is 19.1. The lowest BCUT2D eigenvalue weighted by molar-refractivity contribution is -0.129. The quantitative estimate of drug-likeness (QED) is 0.370. The van der Waals surface area contributed by atoms with Crippen LogP contribution in [0.4, 0.5) is 4.79 Å². The SMILES string of the molecule is COc1ccc(C2(CN3C(=O)N[C@@H](CCC(=O)NCCCc4ccccc4)C3=O)CCOCC2)cc1. The number of nitrogens with zero attached hydrogens (tertiary/aromatic N) is 1. The van der Waals surface area contributed by atoms with E-state index >= 15 is 0 Å². The molecule has 0 aliphatic carbocycles. The maximum absolute atomic E-state index is 13.2. The van der Waals surface area contributed by atoms with Crippen LogP contribution in [-0.4, -0.2) is 62.2 Å². The first-order chi connectivity index (χ1) is 17.5. The molecule has 0 saturated carbocycles. The van der Waals surface area contributed by atoms with E-state index in [4.69, 9.17) is 9.47 Å². The second-order valence-corrected chi connectivity index (χ2v) is 9.53. The fourth-order valence-electron chi connectivity index (χ4n) is 5.00. The lowest BCUT2D eigenvalue weighted by Gasteiger charge is -2.39. The maximum atomic E-state index is 13.2. The molecule has 0 radical (unpaired) electrons. The van der Waals surface area contributed by atoms with Crippen LogP contribution in [0, 0.1) is 0 Å². The zero-order chi connectivity index (χ0) is 25.4. The molecule has 36 heavy (non-hydrogen) atoms. The van der Waals surface area contributed by atoms with Crippen LogP contribution in [0.2, 0.25) is 0 Å². The van der Waals surface area contributed by atoms with Crippen molar-refractivity contribution in [3.8, 4) is 5.75 Å². The second-order valence-electron chi connectivity index (χ2n) is 9.53. The van der Waals surface area contributed by atoms with Gasteiger partial charge in [0.25, 0.3) is 5.91 Å². The van der Waals surface area contributed by atoms with Gasteiger partial charge in [0.2, 0.25) is 5.91 Å². The predicted octanol–water partition coefficient (Wildman–Crippen LogP) is 3.19. The molecule has 2 heterocycles. The number of rotatable bonds is 11. The molecule has 192 valence electrons. The van der Waals surface area contributed by atoms with E-state index in [1.54, 1.807) is 7.11 Å². The average Bonchev–Trinajstić information content (AvgIpc) is 3.18. The molecule has 0 unspecified atom stereocenters. The first-order valence-electron chi connectivity index (χ1n) is 12.7. The molecule has 0 bridgehead atoms. The van der Waals surface area contributed by atoms with Crippen molar-refractivity contribution in [2.24, 2.45) is 0 Å². The highest BCUT2D eigenvalue weighted by Gasteiger charge is 2.44. The van der Waals surface area contributed by atoms with E-state index in [2.05, 4.69) is 22.8 Å². The molecule has 2 aliphatic heterocycles. The van der Waals surface area contributed by atoms with Gasteiger partial charge >= 0.3 is 6.03 Å². The summed E-state index contributed by atoms with van der Waals surface area (Å²) in [7, 11) is 1.62. The number of hydrogen-bond acceptors (Lipinski definition) is 5. The van der Waals surface area contributed by atoms with Gasteiger partial charge < -0.3 is 20.1 Å². The molecule has 2 fully saturated rings. The van der Waals surface area contributed by atoms with Crippen LogP contribution in [0.25, 0.3) is 0 Å². The fourth-order valence-corrected chi connectivity index (χ4v) is 5.00. The minimum Gasteiger partial charge on any atom is -0.497 e. The first-order valence-corrected chi connectivity index (χ1v) is 12.7. The number of benzene rings is 2. The third-order valence-corrected chi connectivity index (χ3v) is 7.19. The molecule has 0 spiro atoms. The Bertz CT molecular complexity index is 1030. The maximum Gasteiger partial charge on any atom is 0.324 e. The predicted molar refractivity (Wildman–Crippen MR) is 136 cm³/mol. The zero-order valence-corrected chi connectivity index (χ0v) is 20.8. The number of aryl methyl sites for hydroxylation is 1. The molecule has 4 amide bonds. The van der Waals surface area contributed by atoms with E-state index in [9.17, 15) is 14.4 Å². The van der Waals surface area contributed by atoms with Crippen molar-refractivity contribution in [2.75, 3.05) is 33.4 Å². The van der Waals surface area contributed by atoms with Gasteiger partial charge in [-0.2, -0.15) is 0 Å². The molecule has 1 atom stereocenters. The van der Waals surface area contributed by atoms with Crippen molar-refractivity contribution in [1.29, 1.82) is 0 Å². The van der Waals surface area contributed by atoms with Gasteiger partial charge in [0.15, 0.2) is 0 Å². The van der Waals surface area contributed by atoms with Crippen molar-refractivity contribution in [3.63, 3.8) is 0 Å². The monoisotopic (exact) mass is 493 g/mol. The van der Waals surface area contributed by atoms with E-state index in [1.165, 1.54) is 10.5 Å². The topological polar surface area (TPSA) is 97.0 Å². The highest BCUT2D eigenvalue weighted by Crippen LogP contribution is 2.37. The Labute approximate surface area is 212 Å². The Morgan fingerprint density at radius 3 is 2.53 bits per heavy atom. The van der Waals surface area contributed by atoms with Crippen molar-refractivity contribution < 1.29 is 23.9 Å². The van der Waals surface area contributed by atoms with E-state index < -0.39 is 12.1 Å². The van der Waals surface area contributed by atoms with Gasteiger partial charge in [-0.3, -0.25) is 14.5 Å². The van der Waals surface area contributed by atoms with Crippen LogP contribution in [0.5, 0.6) is 5.75 Å². The molecular formula is C28H35N3O5. The van der Waals surface area contributed by atoms with E-state index in [-0.39, 0.29) is 36.6 Å². The summed E-state index contributed by atoms with van der Waals surface area (Å²) in [6.07, 6.45) is 3.64. The summed E-state index contributed by atoms with van der Waals surface area (Å²) in [6.45, 7) is 2.01. The smallest absolute Gasteiger partial charge is 0.324 e. The van der Waals surface area contributed by atoms with E-state index in [0.717, 1.165) is 24.2 Å². The van der Waals surface area contributed by atoms with Crippen molar-refractivity contribution in [2.45, 2.75) is 50.0 Å². The van der Waals surface area contributed by atoms with Crippen LogP contribution < -0.4 is 15.4 Å². The molecule has 4 rings (SSSR count). The third kappa shape index (κ3) is 6.23. The van der Waals surface area contributed by atoms with Gasteiger partial charge in [-0.1, -0.05) is 42.5 Å². The molecule has 2 N–H and O–H groups in total. The molecule has 8 nitrogen and oxygen atoms in total. The number of urea groups is 1. The van der Waals surface area contributed by atoms with Gasteiger partial charge in [-0.15, -0.1) is 0 Å². The number of methoxy groups -OCH3 is 1. The Balaban J connectivity index is 1.29. The minimum atomic E-state index is -0.680. The van der Waals surface area contributed by atoms with Crippen molar-refractivity contribution in [1.82, 2.24) is 15.5 Å².